The summed E-state index contributed by atoms with van der Waals surface area (Å²) in [7, 11) is -3.75. The van der Waals surface area contributed by atoms with Crippen molar-refractivity contribution < 1.29 is 22.7 Å². The molecule has 0 atom stereocenters. The smallest absolute Gasteiger partial charge is 0.262 e. The molecule has 0 unspecified atom stereocenters. The Morgan fingerprint density at radius 2 is 1.58 bits per heavy atom. The van der Waals surface area contributed by atoms with Crippen LogP contribution < -0.4 is 14.8 Å². The fourth-order valence-electron chi connectivity index (χ4n) is 3.91. The van der Waals surface area contributed by atoms with Crippen LogP contribution in [0.5, 0.6) is 5.75 Å². The maximum Gasteiger partial charge on any atom is 0.262 e. The first-order valence-electron chi connectivity index (χ1n) is 11.8. The number of aryl methyl sites for hydroxylation is 1. The summed E-state index contributed by atoms with van der Waals surface area (Å²) in [5.41, 5.74) is 2.83. The molecule has 8 nitrogen and oxygen atoms in total. The summed E-state index contributed by atoms with van der Waals surface area (Å²) in [5.74, 6) is 0.145. The molecule has 1 heterocycles. The van der Waals surface area contributed by atoms with Crippen molar-refractivity contribution in [2.45, 2.75) is 31.1 Å². The van der Waals surface area contributed by atoms with E-state index in [-0.39, 0.29) is 23.3 Å². The first-order chi connectivity index (χ1) is 17.3. The lowest BCUT2D eigenvalue weighted by molar-refractivity contribution is -0.129. The second-order valence-corrected chi connectivity index (χ2v) is 10.4. The van der Waals surface area contributed by atoms with Gasteiger partial charge in [-0.1, -0.05) is 30.3 Å². The van der Waals surface area contributed by atoms with Gasteiger partial charge < -0.3 is 15.0 Å². The van der Waals surface area contributed by atoms with Crippen LogP contribution in [0.15, 0.2) is 77.7 Å². The van der Waals surface area contributed by atoms with Gasteiger partial charge in [0, 0.05) is 18.8 Å². The molecule has 188 valence electrons. The molecule has 0 aromatic heterocycles. The molecule has 0 saturated carbocycles. The molecule has 4 rings (SSSR count). The molecule has 1 aliphatic rings. The first-order valence-corrected chi connectivity index (χ1v) is 13.3. The average molecular weight is 508 g/mol. The molecule has 3 aromatic rings. The highest BCUT2D eigenvalue weighted by Crippen LogP contribution is 2.21. The third-order valence-electron chi connectivity index (χ3n) is 5.95. The number of carbonyl (C=O) groups excluding carboxylic acids is 2. The monoisotopic (exact) mass is 507 g/mol. The molecular weight excluding hydrogens is 478 g/mol. The molecule has 1 aliphatic heterocycles. The van der Waals surface area contributed by atoms with Crippen molar-refractivity contribution in [3.8, 4) is 5.75 Å². The molecule has 1 fully saturated rings. The van der Waals surface area contributed by atoms with Gasteiger partial charge in [0.2, 0.25) is 5.91 Å². The number of rotatable bonds is 9. The molecule has 1 saturated heterocycles. The topological polar surface area (TPSA) is 105 Å². The molecule has 0 bridgehead atoms. The second-order valence-electron chi connectivity index (χ2n) is 8.69. The van der Waals surface area contributed by atoms with Crippen molar-refractivity contribution >= 4 is 33.2 Å². The summed E-state index contributed by atoms with van der Waals surface area (Å²) in [5, 5.41) is 2.75. The Morgan fingerprint density at radius 1 is 0.917 bits per heavy atom. The highest BCUT2D eigenvalue weighted by Gasteiger charge is 2.18. The number of nitrogens with zero attached hydrogens (tertiary/aromatic N) is 1. The van der Waals surface area contributed by atoms with Gasteiger partial charge in [-0.05, 0) is 73.4 Å². The zero-order valence-electron chi connectivity index (χ0n) is 20.1. The van der Waals surface area contributed by atoms with Crippen LogP contribution in [0.4, 0.5) is 11.4 Å². The van der Waals surface area contributed by atoms with Gasteiger partial charge >= 0.3 is 0 Å². The van der Waals surface area contributed by atoms with E-state index in [1.165, 1.54) is 24.3 Å². The Labute approximate surface area is 211 Å². The SMILES string of the molecule is Cc1ccccc1NS(=O)(=O)c1ccc(OCC(=O)Nc2ccc(CC(=O)N3CCCC3)cc2)cc1. The number of hydrogen-bond donors (Lipinski definition) is 2. The van der Waals surface area contributed by atoms with E-state index in [4.69, 9.17) is 4.74 Å². The van der Waals surface area contributed by atoms with E-state index in [0.29, 0.717) is 23.5 Å². The number of amides is 2. The lowest BCUT2D eigenvalue weighted by Gasteiger charge is -2.15. The standard InChI is InChI=1S/C27H29N3O5S/c1-20-6-2-3-7-25(20)29-36(33,34)24-14-12-23(13-15-24)35-19-26(31)28-22-10-8-21(9-11-22)18-27(32)30-16-4-5-17-30/h2-3,6-15,29H,4-5,16-19H2,1H3,(H,28,31). The summed E-state index contributed by atoms with van der Waals surface area (Å²) in [6, 6.07) is 20.2. The molecule has 9 heteroatoms. The molecule has 0 radical (unpaired) electrons. The third-order valence-corrected chi connectivity index (χ3v) is 7.33. The number of nitrogens with one attached hydrogen (secondary N) is 2. The number of hydrogen-bond acceptors (Lipinski definition) is 5. The lowest BCUT2D eigenvalue weighted by atomic mass is 10.1. The number of likely N-dealkylation sites (tertiary alicyclic amines) is 1. The van der Waals surface area contributed by atoms with Crippen LogP contribution in [-0.2, 0) is 26.0 Å². The van der Waals surface area contributed by atoms with Gasteiger partial charge in [0.05, 0.1) is 17.0 Å². The molecule has 2 N–H and O–H groups in total. The quantitative estimate of drug-likeness (QED) is 0.456. The van der Waals surface area contributed by atoms with E-state index in [2.05, 4.69) is 10.0 Å². The van der Waals surface area contributed by atoms with Crippen LogP contribution >= 0.6 is 0 Å². The Balaban J connectivity index is 1.26. The van der Waals surface area contributed by atoms with Gasteiger partial charge in [0.25, 0.3) is 15.9 Å². The van der Waals surface area contributed by atoms with Crippen LogP contribution in [-0.4, -0.2) is 44.8 Å². The molecule has 3 aromatic carbocycles. The van der Waals surface area contributed by atoms with Gasteiger partial charge in [-0.25, -0.2) is 8.42 Å². The normalized spacial score (nSPS) is 13.3. The molecule has 0 aliphatic carbocycles. The van der Waals surface area contributed by atoms with Crippen LogP contribution in [0.1, 0.15) is 24.0 Å². The maximum absolute atomic E-state index is 12.6. The van der Waals surface area contributed by atoms with Gasteiger partial charge in [0.1, 0.15) is 5.75 Å². The minimum absolute atomic E-state index is 0.0888. The average Bonchev–Trinajstić information content (AvgIpc) is 3.41. The predicted octanol–water partition coefficient (Wildman–Crippen LogP) is 3.98. The van der Waals surface area contributed by atoms with Gasteiger partial charge in [0.15, 0.2) is 6.61 Å². The predicted molar refractivity (Wildman–Crippen MR) is 139 cm³/mol. The largest absolute Gasteiger partial charge is 0.484 e. The van der Waals surface area contributed by atoms with Crippen molar-refractivity contribution in [1.82, 2.24) is 4.90 Å². The van der Waals surface area contributed by atoms with E-state index in [9.17, 15) is 18.0 Å². The van der Waals surface area contributed by atoms with E-state index in [1.807, 2.05) is 36.1 Å². The second kappa shape index (κ2) is 11.3. The van der Waals surface area contributed by atoms with Crippen LogP contribution in [0.25, 0.3) is 0 Å². The summed E-state index contributed by atoms with van der Waals surface area (Å²) in [6.07, 6.45) is 2.48. The maximum atomic E-state index is 12.6. The van der Waals surface area contributed by atoms with Crippen LogP contribution in [0.2, 0.25) is 0 Å². The van der Waals surface area contributed by atoms with Gasteiger partial charge in [-0.2, -0.15) is 0 Å². The number of ether oxygens (including phenoxy) is 1. The zero-order chi connectivity index (χ0) is 25.5. The van der Waals surface area contributed by atoms with Crippen LogP contribution in [0, 0.1) is 6.92 Å². The van der Waals surface area contributed by atoms with E-state index in [0.717, 1.165) is 37.1 Å². The number of benzene rings is 3. The van der Waals surface area contributed by atoms with Gasteiger partial charge in [-0.15, -0.1) is 0 Å². The summed E-state index contributed by atoms with van der Waals surface area (Å²) < 4.78 is 33.4. The van der Waals surface area contributed by atoms with Crippen molar-refractivity contribution in [2.75, 3.05) is 29.7 Å². The molecular formula is C27H29N3O5S. The summed E-state index contributed by atoms with van der Waals surface area (Å²) in [4.78, 5) is 26.5. The number of carbonyl (C=O) groups is 2. The Morgan fingerprint density at radius 3 is 2.25 bits per heavy atom. The summed E-state index contributed by atoms with van der Waals surface area (Å²) in [6.45, 7) is 3.25. The van der Waals surface area contributed by atoms with Crippen LogP contribution in [0.3, 0.4) is 0 Å². The zero-order valence-corrected chi connectivity index (χ0v) is 20.9. The number of sulfonamides is 1. The van der Waals surface area contributed by atoms with E-state index >= 15 is 0 Å². The van der Waals surface area contributed by atoms with Gasteiger partial charge in [-0.3, -0.25) is 14.3 Å². The minimum Gasteiger partial charge on any atom is -0.484 e. The Hall–Kier alpha value is -3.85. The molecule has 0 spiro atoms. The first kappa shape index (κ1) is 25.2. The lowest BCUT2D eigenvalue weighted by Crippen LogP contribution is -2.29. The number of anilines is 2. The number of para-hydroxylation sites is 1. The molecule has 36 heavy (non-hydrogen) atoms. The summed E-state index contributed by atoms with van der Waals surface area (Å²) >= 11 is 0. The van der Waals surface area contributed by atoms with Crippen molar-refractivity contribution in [1.29, 1.82) is 0 Å². The fraction of sp³-hybridized carbons (Fsp3) is 0.259. The van der Waals surface area contributed by atoms with E-state index in [1.54, 1.807) is 24.3 Å². The van der Waals surface area contributed by atoms with Crippen molar-refractivity contribution in [3.05, 3.63) is 83.9 Å². The van der Waals surface area contributed by atoms with E-state index < -0.39 is 10.0 Å². The molecule has 2 amide bonds. The van der Waals surface area contributed by atoms with Crippen molar-refractivity contribution in [2.24, 2.45) is 0 Å². The Bertz CT molecular complexity index is 1320. The Kier molecular flexibility index (Phi) is 7.90. The minimum atomic E-state index is -3.75. The highest BCUT2D eigenvalue weighted by molar-refractivity contribution is 7.92. The fourth-order valence-corrected chi connectivity index (χ4v) is 5.04. The third kappa shape index (κ3) is 6.63. The highest BCUT2D eigenvalue weighted by atomic mass is 32.2. The van der Waals surface area contributed by atoms with Crippen molar-refractivity contribution in [3.63, 3.8) is 0 Å².